The van der Waals surface area contributed by atoms with Gasteiger partial charge in [0.15, 0.2) is 0 Å². The third kappa shape index (κ3) is 6.75. The van der Waals surface area contributed by atoms with Crippen LogP contribution in [-0.2, 0) is 22.5 Å². The Bertz CT molecular complexity index is 1180. The second kappa shape index (κ2) is 10.8. The van der Waals surface area contributed by atoms with Gasteiger partial charge in [-0.2, -0.15) is 4.39 Å². The maximum absolute atomic E-state index is 14.5. The van der Waals surface area contributed by atoms with Crippen LogP contribution in [0.15, 0.2) is 35.6 Å². The molecule has 0 saturated heterocycles. The molecule has 34 heavy (non-hydrogen) atoms. The molecule has 0 N–H and O–H groups in total. The Morgan fingerprint density at radius 1 is 1.24 bits per heavy atom. The number of ether oxygens (including phenoxy) is 1. The first kappa shape index (κ1) is 26.1. The van der Waals surface area contributed by atoms with Crippen LogP contribution in [0, 0.1) is 11.8 Å². The Balaban J connectivity index is 2.03. The first-order chi connectivity index (χ1) is 15.9. The molecule has 1 aromatic carbocycles. The van der Waals surface area contributed by atoms with E-state index in [2.05, 4.69) is 40.0 Å². The van der Waals surface area contributed by atoms with Crippen molar-refractivity contribution in [3.63, 3.8) is 0 Å². The Kier molecular flexibility index (Phi) is 8.28. The molecular formula is C22H27F2N5O3SSi-2. The van der Waals surface area contributed by atoms with Gasteiger partial charge in [0.1, 0.15) is 11.0 Å². The second-order valence-corrected chi connectivity index (χ2v) is 15.8. The van der Waals surface area contributed by atoms with E-state index in [9.17, 15) is 17.5 Å². The lowest BCUT2D eigenvalue weighted by molar-refractivity contribution is 0.0793. The van der Waals surface area contributed by atoms with Gasteiger partial charge < -0.3 is 24.3 Å². The highest BCUT2D eigenvalue weighted by Crippen LogP contribution is 2.44. The Morgan fingerprint density at radius 3 is 2.59 bits per heavy atom. The lowest BCUT2D eigenvalue weighted by Crippen LogP contribution is -2.22. The summed E-state index contributed by atoms with van der Waals surface area (Å²) < 4.78 is 58.3. The summed E-state index contributed by atoms with van der Waals surface area (Å²) in [5, 5.41) is 8.13. The number of pyridine rings is 1. The fourth-order valence-corrected chi connectivity index (χ4v) is 4.24. The number of rotatable bonds is 10. The molecular weight excluding hydrogens is 480 g/mol. The molecule has 8 nitrogen and oxygen atoms in total. The van der Waals surface area contributed by atoms with Crippen molar-refractivity contribution < 1.29 is 22.3 Å². The van der Waals surface area contributed by atoms with Crippen LogP contribution < -0.4 is 0 Å². The highest BCUT2D eigenvalue weighted by atomic mass is 32.2. The van der Waals surface area contributed by atoms with Gasteiger partial charge in [0, 0.05) is 49.7 Å². The van der Waals surface area contributed by atoms with Gasteiger partial charge in [-0.3, -0.25) is 4.21 Å². The van der Waals surface area contributed by atoms with Crippen LogP contribution in [0.3, 0.4) is 0 Å². The molecule has 0 amide bonds. The zero-order chi connectivity index (χ0) is 25.0. The van der Waals surface area contributed by atoms with Crippen molar-refractivity contribution in [2.45, 2.75) is 57.3 Å². The average molecular weight is 508 g/mol. The lowest BCUT2D eigenvalue weighted by Gasteiger charge is -2.23. The van der Waals surface area contributed by atoms with Crippen LogP contribution in [0.5, 0.6) is 0 Å². The van der Waals surface area contributed by atoms with E-state index < -0.39 is 36.1 Å². The van der Waals surface area contributed by atoms with Gasteiger partial charge in [-0.1, -0.05) is 33.5 Å². The van der Waals surface area contributed by atoms with Crippen molar-refractivity contribution in [1.29, 1.82) is 0 Å². The van der Waals surface area contributed by atoms with E-state index in [1.807, 2.05) is 13.8 Å². The molecule has 1 unspecified atom stereocenters. The van der Waals surface area contributed by atoms with Crippen LogP contribution in [0.1, 0.15) is 25.3 Å². The summed E-state index contributed by atoms with van der Waals surface area (Å²) in [6.45, 7) is 10.8. The molecule has 2 heterocycles. The lowest BCUT2D eigenvalue weighted by atomic mass is 9.94. The van der Waals surface area contributed by atoms with E-state index in [1.165, 1.54) is 29.1 Å². The third-order valence-corrected chi connectivity index (χ3v) is 7.14. The number of nitrogens with zero attached hydrogens (tertiary/aromatic N) is 5. The molecule has 0 saturated carbocycles. The van der Waals surface area contributed by atoms with E-state index >= 15 is 0 Å². The van der Waals surface area contributed by atoms with Crippen molar-refractivity contribution in [3.8, 4) is 11.1 Å². The van der Waals surface area contributed by atoms with Crippen LogP contribution in [0.25, 0.3) is 16.4 Å². The molecule has 2 aromatic heterocycles. The topological polar surface area (TPSA) is 107 Å². The molecule has 3 rings (SSSR count). The number of aromatic nitrogens is 4. The van der Waals surface area contributed by atoms with Crippen molar-refractivity contribution in [2.24, 2.45) is 0 Å². The van der Waals surface area contributed by atoms with Crippen LogP contribution >= 0.6 is 0 Å². The zero-order valence-electron chi connectivity index (χ0n) is 19.7. The van der Waals surface area contributed by atoms with Gasteiger partial charge in [-0.25, -0.2) is 14.5 Å². The quantitative estimate of drug-likeness (QED) is 0.152. The predicted molar refractivity (Wildman–Crippen MR) is 128 cm³/mol. The summed E-state index contributed by atoms with van der Waals surface area (Å²) in [5.41, 5.74) is 1.58. The smallest absolute Gasteiger partial charge is 0.213 e. The highest BCUT2D eigenvalue weighted by molar-refractivity contribution is 7.78. The van der Waals surface area contributed by atoms with Gasteiger partial charge >= 0.3 is 0 Å². The Labute approximate surface area is 201 Å². The monoisotopic (exact) mass is 507 g/mol. The summed E-state index contributed by atoms with van der Waals surface area (Å²) in [4.78, 5) is 7.58. The summed E-state index contributed by atoms with van der Waals surface area (Å²) in [6.07, 6.45) is 1.28. The molecule has 0 aliphatic heterocycles. The van der Waals surface area contributed by atoms with Crippen LogP contribution in [-0.4, -0.2) is 43.2 Å². The highest BCUT2D eigenvalue weighted by Gasteiger charge is 2.16. The molecule has 0 radical (unpaired) electrons. The van der Waals surface area contributed by atoms with Crippen LogP contribution in [0.4, 0.5) is 20.4 Å². The standard InChI is InChI=1S/C22H28F2N5O3SSi/c1-14(2)17-11-16(23)12-18(15-6-7-25-19(24)10-15)20(17)26-21-27-22(33(30)31)28-29(21)13-32-8-9-34(3,4)5/h6-7,10-12,14H,8-9,13H2,1-5H3,(H-,26,27,28,30,31)/q-1/p-1. The molecule has 0 aliphatic carbocycles. The first-order valence-electron chi connectivity index (χ1n) is 10.7. The summed E-state index contributed by atoms with van der Waals surface area (Å²) in [6, 6.07) is 6.24. The average Bonchev–Trinajstić information content (AvgIpc) is 3.14. The maximum atomic E-state index is 14.5. The SMILES string of the molecule is CC(C)c1cc(F)cc(-c2ccnc(F)c2)c1[N-]c1nc(S(=O)[O-])nn1COCC[Si](C)(C)C. The van der Waals surface area contributed by atoms with Gasteiger partial charge in [0.2, 0.25) is 5.95 Å². The number of hydrogen-bond acceptors (Lipinski definition) is 6. The summed E-state index contributed by atoms with van der Waals surface area (Å²) in [7, 11) is -1.32. The van der Waals surface area contributed by atoms with Gasteiger partial charge in [0.05, 0.1) is 6.73 Å². The van der Waals surface area contributed by atoms with Crippen molar-refractivity contribution >= 4 is 30.8 Å². The molecule has 12 heteroatoms. The molecule has 0 spiro atoms. The molecule has 184 valence electrons. The maximum Gasteiger partial charge on any atom is 0.213 e. The van der Waals surface area contributed by atoms with Gasteiger partial charge in [0.25, 0.3) is 0 Å². The third-order valence-electron chi connectivity index (χ3n) is 4.97. The van der Waals surface area contributed by atoms with Crippen molar-refractivity contribution in [1.82, 2.24) is 19.7 Å². The minimum absolute atomic E-state index is 0.0171. The Morgan fingerprint density at radius 2 is 1.97 bits per heavy atom. The first-order valence-corrected chi connectivity index (χ1v) is 15.5. The van der Waals surface area contributed by atoms with E-state index in [4.69, 9.17) is 4.74 Å². The number of halogens is 2. The molecule has 0 fully saturated rings. The number of hydrogen-bond donors (Lipinski definition) is 0. The van der Waals surface area contributed by atoms with E-state index in [-0.39, 0.29) is 18.6 Å². The van der Waals surface area contributed by atoms with E-state index in [0.29, 0.717) is 29.0 Å². The minimum atomic E-state index is -2.68. The second-order valence-electron chi connectivity index (χ2n) is 9.30. The fourth-order valence-electron chi connectivity index (χ4n) is 3.16. The molecule has 0 aliphatic rings. The molecule has 1 atom stereocenters. The van der Waals surface area contributed by atoms with Gasteiger partial charge in [-0.05, 0) is 46.9 Å². The van der Waals surface area contributed by atoms with Crippen LogP contribution in [0.2, 0.25) is 25.7 Å². The molecule has 3 aromatic rings. The minimum Gasteiger partial charge on any atom is -0.767 e. The van der Waals surface area contributed by atoms with E-state index in [1.54, 1.807) is 6.07 Å². The van der Waals surface area contributed by atoms with E-state index in [0.717, 1.165) is 6.04 Å². The largest absolute Gasteiger partial charge is 0.767 e. The fraction of sp³-hybridized carbons (Fsp3) is 0.409. The summed E-state index contributed by atoms with van der Waals surface area (Å²) >= 11 is -2.68. The summed E-state index contributed by atoms with van der Waals surface area (Å²) in [5.74, 6) is -1.39. The van der Waals surface area contributed by atoms with Crippen molar-refractivity contribution in [3.05, 3.63) is 53.1 Å². The van der Waals surface area contributed by atoms with Gasteiger partial charge in [-0.15, -0.1) is 0 Å². The van der Waals surface area contributed by atoms with Crippen molar-refractivity contribution in [2.75, 3.05) is 6.61 Å². The Hall–Kier alpha value is -2.54. The normalized spacial score (nSPS) is 12.9. The zero-order valence-corrected chi connectivity index (χ0v) is 21.5. The molecule has 0 bridgehead atoms. The predicted octanol–water partition coefficient (Wildman–Crippen LogP) is 5.63. The number of benzene rings is 1.